The summed E-state index contributed by atoms with van der Waals surface area (Å²) < 4.78 is 36.6. The molecule has 0 spiro atoms. The molecule has 7 heteroatoms. The smallest absolute Gasteiger partial charge is 0.218 e. The zero-order valence-corrected chi connectivity index (χ0v) is 14.2. The van der Waals surface area contributed by atoms with E-state index in [1.807, 2.05) is 13.8 Å². The largest absolute Gasteiger partial charge is 0.385 e. The second-order valence-corrected chi connectivity index (χ2v) is 7.51. The predicted molar refractivity (Wildman–Crippen MR) is 81.5 cm³/mol. The average molecular weight is 310 g/mol. The van der Waals surface area contributed by atoms with Crippen LogP contribution >= 0.6 is 0 Å². The maximum atomic E-state index is 12.5. The number of rotatable bonds is 12. The van der Waals surface area contributed by atoms with Gasteiger partial charge in [-0.2, -0.15) is 4.31 Å². The summed E-state index contributed by atoms with van der Waals surface area (Å²) in [4.78, 5) is 0. The molecule has 1 unspecified atom stereocenters. The molecule has 0 rings (SSSR count). The zero-order valence-electron chi connectivity index (χ0n) is 13.4. The van der Waals surface area contributed by atoms with Crippen molar-refractivity contribution in [1.82, 2.24) is 9.62 Å². The van der Waals surface area contributed by atoms with Crippen molar-refractivity contribution >= 4 is 10.0 Å². The molecule has 0 fully saturated rings. The highest BCUT2D eigenvalue weighted by Gasteiger charge is 2.28. The van der Waals surface area contributed by atoms with Crippen molar-refractivity contribution in [2.45, 2.75) is 38.5 Å². The molecule has 0 aliphatic carbocycles. The molecule has 0 amide bonds. The molecule has 0 bridgehead atoms. The van der Waals surface area contributed by atoms with Gasteiger partial charge in [-0.1, -0.05) is 13.8 Å². The Morgan fingerprint density at radius 2 is 1.65 bits per heavy atom. The maximum absolute atomic E-state index is 12.5. The van der Waals surface area contributed by atoms with Crippen LogP contribution in [0.25, 0.3) is 0 Å². The molecular weight excluding hydrogens is 280 g/mol. The van der Waals surface area contributed by atoms with Crippen LogP contribution < -0.4 is 5.32 Å². The molecular formula is C13H30N2O4S. The Kier molecular flexibility index (Phi) is 10.4. The van der Waals surface area contributed by atoms with E-state index in [-0.39, 0.29) is 6.04 Å². The molecule has 0 aromatic carbocycles. The van der Waals surface area contributed by atoms with Gasteiger partial charge in [-0.3, -0.25) is 0 Å². The van der Waals surface area contributed by atoms with E-state index in [1.54, 1.807) is 21.1 Å². The molecule has 0 aromatic heterocycles. The van der Waals surface area contributed by atoms with Crippen LogP contribution in [0.2, 0.25) is 0 Å². The van der Waals surface area contributed by atoms with Gasteiger partial charge in [0, 0.05) is 46.5 Å². The van der Waals surface area contributed by atoms with Crippen molar-refractivity contribution in [3.63, 3.8) is 0 Å². The first-order chi connectivity index (χ1) is 9.36. The average Bonchev–Trinajstić information content (AvgIpc) is 2.39. The summed E-state index contributed by atoms with van der Waals surface area (Å²) in [7, 11) is -0.127. The summed E-state index contributed by atoms with van der Waals surface area (Å²) in [6, 6.07) is 0.272. The molecule has 20 heavy (non-hydrogen) atoms. The van der Waals surface area contributed by atoms with Gasteiger partial charge in [0.25, 0.3) is 0 Å². The van der Waals surface area contributed by atoms with Crippen LogP contribution in [0, 0.1) is 0 Å². The molecule has 1 atom stereocenters. The minimum atomic E-state index is -3.31. The van der Waals surface area contributed by atoms with Crippen LogP contribution in [0.15, 0.2) is 0 Å². The van der Waals surface area contributed by atoms with Gasteiger partial charge >= 0.3 is 0 Å². The number of ether oxygens (including phenoxy) is 2. The summed E-state index contributed by atoms with van der Waals surface area (Å²) in [6.07, 6.45) is 0.684. The lowest BCUT2D eigenvalue weighted by Crippen LogP contribution is -2.45. The summed E-state index contributed by atoms with van der Waals surface area (Å²) >= 11 is 0. The van der Waals surface area contributed by atoms with Gasteiger partial charge in [-0.25, -0.2) is 8.42 Å². The highest BCUT2D eigenvalue weighted by molar-refractivity contribution is 7.89. The van der Waals surface area contributed by atoms with Crippen molar-refractivity contribution < 1.29 is 17.9 Å². The van der Waals surface area contributed by atoms with Crippen molar-refractivity contribution in [3.05, 3.63) is 0 Å². The van der Waals surface area contributed by atoms with Gasteiger partial charge in [0.05, 0.1) is 11.9 Å². The Hall–Kier alpha value is -0.210. The fourth-order valence-electron chi connectivity index (χ4n) is 1.71. The van der Waals surface area contributed by atoms with E-state index >= 15 is 0 Å². The molecule has 0 radical (unpaired) electrons. The third kappa shape index (κ3) is 7.54. The van der Waals surface area contributed by atoms with Crippen LogP contribution in [0.1, 0.15) is 27.2 Å². The number of nitrogens with zero attached hydrogens (tertiary/aromatic N) is 1. The molecule has 122 valence electrons. The molecule has 0 heterocycles. The molecule has 0 aliphatic heterocycles. The predicted octanol–water partition coefficient (Wildman–Crippen LogP) is 0.688. The first kappa shape index (κ1) is 19.8. The lowest BCUT2D eigenvalue weighted by Gasteiger charge is -2.26. The van der Waals surface area contributed by atoms with Crippen LogP contribution in [-0.2, 0) is 19.5 Å². The summed E-state index contributed by atoms with van der Waals surface area (Å²) in [5.74, 6) is 0. The quantitative estimate of drug-likeness (QED) is 0.537. The highest BCUT2D eigenvalue weighted by Crippen LogP contribution is 2.10. The minimum absolute atomic E-state index is 0.272. The van der Waals surface area contributed by atoms with Crippen molar-refractivity contribution in [2.75, 3.05) is 47.1 Å². The van der Waals surface area contributed by atoms with E-state index in [9.17, 15) is 8.42 Å². The standard InChI is InChI=1S/C13H30N2O4S/c1-12(2)14-11-13(3)20(16,17)15(8-10-19-5)7-6-9-18-4/h12-14H,6-11H2,1-5H3. The maximum Gasteiger partial charge on any atom is 0.218 e. The van der Waals surface area contributed by atoms with Gasteiger partial charge in [0.2, 0.25) is 10.0 Å². The van der Waals surface area contributed by atoms with Crippen molar-refractivity contribution in [1.29, 1.82) is 0 Å². The first-order valence-electron chi connectivity index (χ1n) is 7.06. The second-order valence-electron chi connectivity index (χ2n) is 5.16. The number of nitrogens with one attached hydrogen (secondary N) is 1. The SMILES string of the molecule is COCCCN(CCOC)S(=O)(=O)C(C)CNC(C)C. The Balaban J connectivity index is 4.63. The van der Waals surface area contributed by atoms with E-state index < -0.39 is 15.3 Å². The fraction of sp³-hybridized carbons (Fsp3) is 1.00. The second kappa shape index (κ2) is 10.5. The Labute approximate surface area is 123 Å². The van der Waals surface area contributed by atoms with E-state index in [0.717, 1.165) is 0 Å². The van der Waals surface area contributed by atoms with Gasteiger partial charge < -0.3 is 14.8 Å². The monoisotopic (exact) mass is 310 g/mol. The molecule has 0 saturated heterocycles. The minimum Gasteiger partial charge on any atom is -0.385 e. The Morgan fingerprint density at radius 1 is 1.05 bits per heavy atom. The topological polar surface area (TPSA) is 67.9 Å². The normalized spacial score (nSPS) is 14.2. The molecule has 1 N–H and O–H groups in total. The van der Waals surface area contributed by atoms with Crippen LogP contribution in [0.4, 0.5) is 0 Å². The van der Waals surface area contributed by atoms with Crippen molar-refractivity contribution in [3.8, 4) is 0 Å². The van der Waals surface area contributed by atoms with E-state index in [4.69, 9.17) is 9.47 Å². The van der Waals surface area contributed by atoms with Gasteiger partial charge in [0.1, 0.15) is 0 Å². The zero-order chi connectivity index (χ0) is 15.6. The summed E-state index contributed by atoms with van der Waals surface area (Å²) in [5, 5.41) is 2.71. The van der Waals surface area contributed by atoms with Crippen LogP contribution in [-0.4, -0.2) is 71.1 Å². The summed E-state index contributed by atoms with van der Waals surface area (Å²) in [5.41, 5.74) is 0. The van der Waals surface area contributed by atoms with Gasteiger partial charge in [-0.15, -0.1) is 0 Å². The number of hydrogen-bond acceptors (Lipinski definition) is 5. The number of sulfonamides is 1. The molecule has 0 aliphatic rings. The van der Waals surface area contributed by atoms with Crippen LogP contribution in [0.5, 0.6) is 0 Å². The van der Waals surface area contributed by atoms with E-state index in [1.165, 1.54) is 4.31 Å². The van der Waals surface area contributed by atoms with Crippen molar-refractivity contribution in [2.24, 2.45) is 0 Å². The first-order valence-corrected chi connectivity index (χ1v) is 8.56. The molecule has 0 aromatic rings. The molecule has 6 nitrogen and oxygen atoms in total. The number of hydrogen-bond donors (Lipinski definition) is 1. The van der Waals surface area contributed by atoms with E-state index in [2.05, 4.69) is 5.32 Å². The van der Waals surface area contributed by atoms with E-state index in [0.29, 0.717) is 39.3 Å². The summed E-state index contributed by atoms with van der Waals surface area (Å²) in [6.45, 7) is 7.99. The third-order valence-electron chi connectivity index (χ3n) is 2.98. The van der Waals surface area contributed by atoms with Crippen LogP contribution in [0.3, 0.4) is 0 Å². The fourth-order valence-corrected chi connectivity index (χ4v) is 3.23. The van der Waals surface area contributed by atoms with Gasteiger partial charge in [0.15, 0.2) is 0 Å². The molecule has 0 saturated carbocycles. The van der Waals surface area contributed by atoms with Gasteiger partial charge in [-0.05, 0) is 13.3 Å². The Morgan fingerprint density at radius 3 is 2.15 bits per heavy atom. The Bertz CT molecular complexity index is 333. The number of methoxy groups -OCH3 is 2. The third-order valence-corrected chi connectivity index (χ3v) is 5.25. The lowest BCUT2D eigenvalue weighted by molar-refractivity contribution is 0.164. The lowest BCUT2D eigenvalue weighted by atomic mass is 10.3. The highest BCUT2D eigenvalue weighted by atomic mass is 32.2.